The molecule has 0 unspecified atom stereocenters. The highest BCUT2D eigenvalue weighted by atomic mass is 35.5. The van der Waals surface area contributed by atoms with E-state index in [2.05, 4.69) is 26.1 Å². The third-order valence-electron chi connectivity index (χ3n) is 3.19. The van der Waals surface area contributed by atoms with Crippen LogP contribution in [0.2, 0.25) is 5.02 Å². The van der Waals surface area contributed by atoms with Crippen molar-refractivity contribution in [1.82, 2.24) is 5.32 Å². The molecule has 0 spiro atoms. The van der Waals surface area contributed by atoms with Crippen molar-refractivity contribution in [3.05, 3.63) is 29.3 Å². The van der Waals surface area contributed by atoms with Gasteiger partial charge >= 0.3 is 0 Å². The highest BCUT2D eigenvalue weighted by Crippen LogP contribution is 2.27. The number of benzene rings is 1. The zero-order chi connectivity index (χ0) is 17.0. The number of halogens is 1. The molecule has 0 bridgehead atoms. The van der Waals surface area contributed by atoms with Gasteiger partial charge in [0.05, 0.1) is 0 Å². The second-order valence-corrected chi connectivity index (χ2v) is 8.02. The van der Waals surface area contributed by atoms with Crippen LogP contribution in [-0.4, -0.2) is 17.6 Å². The maximum atomic E-state index is 12.5. The zero-order valence-corrected chi connectivity index (χ0v) is 15.3. The lowest BCUT2D eigenvalue weighted by Gasteiger charge is -2.34. The van der Waals surface area contributed by atoms with Gasteiger partial charge in [0.2, 0.25) is 0 Å². The minimum absolute atomic E-state index is 0.0771. The molecule has 0 saturated heterocycles. The average molecular weight is 326 g/mol. The van der Waals surface area contributed by atoms with Gasteiger partial charge in [0.1, 0.15) is 5.75 Å². The molecule has 4 heteroatoms. The maximum absolute atomic E-state index is 12.5. The van der Waals surface area contributed by atoms with E-state index < -0.39 is 6.10 Å². The average Bonchev–Trinajstić information content (AvgIpc) is 2.34. The second kappa shape index (κ2) is 7.36. The van der Waals surface area contributed by atoms with Crippen LogP contribution in [0.5, 0.6) is 5.75 Å². The topological polar surface area (TPSA) is 38.3 Å². The smallest absolute Gasteiger partial charge is 0.261 e. The Kier molecular flexibility index (Phi) is 6.30. The Morgan fingerprint density at radius 3 is 2.18 bits per heavy atom. The van der Waals surface area contributed by atoms with Crippen LogP contribution in [0.3, 0.4) is 0 Å². The van der Waals surface area contributed by atoms with Gasteiger partial charge in [-0.05, 0) is 56.4 Å². The summed E-state index contributed by atoms with van der Waals surface area (Å²) in [7, 11) is 0. The standard InChI is InChI=1S/C18H28ClNO2/c1-7-15(22-14-10-8-13(19)9-11-14)16(21)20-18(5,6)12-17(2,3)4/h8-11,15H,7,12H2,1-6H3,(H,20,21)/t15-/m1/s1. The summed E-state index contributed by atoms with van der Waals surface area (Å²) in [6.07, 6.45) is 1.00. The Hall–Kier alpha value is -1.22. The van der Waals surface area contributed by atoms with E-state index in [0.29, 0.717) is 17.2 Å². The van der Waals surface area contributed by atoms with E-state index >= 15 is 0 Å². The van der Waals surface area contributed by atoms with Crippen molar-refractivity contribution < 1.29 is 9.53 Å². The summed E-state index contributed by atoms with van der Waals surface area (Å²) in [5.41, 5.74) is -0.123. The highest BCUT2D eigenvalue weighted by Gasteiger charge is 2.30. The van der Waals surface area contributed by atoms with E-state index in [-0.39, 0.29) is 16.9 Å². The van der Waals surface area contributed by atoms with Crippen molar-refractivity contribution in [2.24, 2.45) is 5.41 Å². The van der Waals surface area contributed by atoms with Crippen LogP contribution in [0.1, 0.15) is 54.4 Å². The molecule has 3 nitrogen and oxygen atoms in total. The molecular weight excluding hydrogens is 298 g/mol. The molecule has 22 heavy (non-hydrogen) atoms. The lowest BCUT2D eigenvalue weighted by Crippen LogP contribution is -2.50. The Balaban J connectivity index is 2.70. The Morgan fingerprint density at radius 1 is 1.18 bits per heavy atom. The van der Waals surface area contributed by atoms with E-state index in [0.717, 1.165) is 6.42 Å². The number of carbonyl (C=O) groups excluding carboxylic acids is 1. The van der Waals surface area contributed by atoms with E-state index in [9.17, 15) is 4.79 Å². The first-order valence-electron chi connectivity index (χ1n) is 7.77. The van der Waals surface area contributed by atoms with Gasteiger partial charge in [0, 0.05) is 10.6 Å². The maximum Gasteiger partial charge on any atom is 0.261 e. The summed E-state index contributed by atoms with van der Waals surface area (Å²) in [5.74, 6) is 0.576. The molecule has 0 aliphatic rings. The van der Waals surface area contributed by atoms with Gasteiger partial charge in [0.25, 0.3) is 5.91 Å². The van der Waals surface area contributed by atoms with Gasteiger partial charge in [-0.3, -0.25) is 4.79 Å². The quantitative estimate of drug-likeness (QED) is 0.813. The summed E-state index contributed by atoms with van der Waals surface area (Å²) in [4.78, 5) is 12.5. The molecule has 124 valence electrons. The van der Waals surface area contributed by atoms with Crippen LogP contribution in [-0.2, 0) is 4.79 Å². The molecule has 0 radical (unpaired) electrons. The molecule has 1 N–H and O–H groups in total. The van der Waals surface area contributed by atoms with Crippen molar-refractivity contribution in [3.63, 3.8) is 0 Å². The van der Waals surface area contributed by atoms with Crippen molar-refractivity contribution in [3.8, 4) is 5.75 Å². The molecule has 1 atom stereocenters. The number of rotatable bonds is 6. The zero-order valence-electron chi connectivity index (χ0n) is 14.5. The number of ether oxygens (including phenoxy) is 1. The normalized spacial score (nSPS) is 13.6. The predicted octanol–water partition coefficient (Wildman–Crippen LogP) is 4.83. The molecule has 0 saturated carbocycles. The number of hydrogen-bond acceptors (Lipinski definition) is 2. The predicted molar refractivity (Wildman–Crippen MR) is 92.5 cm³/mol. The minimum Gasteiger partial charge on any atom is -0.481 e. The lowest BCUT2D eigenvalue weighted by atomic mass is 9.81. The van der Waals surface area contributed by atoms with Crippen LogP contribution in [0.25, 0.3) is 0 Å². The Morgan fingerprint density at radius 2 is 1.73 bits per heavy atom. The van der Waals surface area contributed by atoms with Crippen LogP contribution in [0.15, 0.2) is 24.3 Å². The van der Waals surface area contributed by atoms with E-state index in [1.54, 1.807) is 24.3 Å². The minimum atomic E-state index is -0.500. The molecule has 1 aromatic carbocycles. The molecular formula is C18H28ClNO2. The molecule has 0 fully saturated rings. The van der Waals surface area contributed by atoms with Gasteiger partial charge in [-0.15, -0.1) is 0 Å². The highest BCUT2D eigenvalue weighted by molar-refractivity contribution is 6.30. The summed E-state index contributed by atoms with van der Waals surface area (Å²) < 4.78 is 5.79. The summed E-state index contributed by atoms with van der Waals surface area (Å²) in [5, 5.41) is 3.75. The van der Waals surface area contributed by atoms with E-state index in [4.69, 9.17) is 16.3 Å². The molecule has 0 heterocycles. The van der Waals surface area contributed by atoms with Crippen LogP contribution >= 0.6 is 11.6 Å². The van der Waals surface area contributed by atoms with Gasteiger partial charge in [-0.25, -0.2) is 0 Å². The Bertz CT molecular complexity index is 489. The van der Waals surface area contributed by atoms with Gasteiger partial charge in [-0.2, -0.15) is 0 Å². The second-order valence-electron chi connectivity index (χ2n) is 7.58. The van der Waals surface area contributed by atoms with Crippen molar-refractivity contribution in [2.75, 3.05) is 0 Å². The molecule has 1 amide bonds. The number of carbonyl (C=O) groups is 1. The van der Waals surface area contributed by atoms with Gasteiger partial charge in [0.15, 0.2) is 6.10 Å². The van der Waals surface area contributed by atoms with Gasteiger partial charge < -0.3 is 10.1 Å². The summed E-state index contributed by atoms with van der Waals surface area (Å²) >= 11 is 5.86. The van der Waals surface area contributed by atoms with Crippen LogP contribution < -0.4 is 10.1 Å². The molecule has 1 rings (SSSR count). The SMILES string of the molecule is CC[C@@H](Oc1ccc(Cl)cc1)C(=O)NC(C)(C)CC(C)(C)C. The first kappa shape index (κ1) is 18.8. The third kappa shape index (κ3) is 6.69. The fraction of sp³-hybridized carbons (Fsp3) is 0.611. The molecule has 0 aliphatic carbocycles. The molecule has 1 aromatic rings. The first-order chi connectivity index (χ1) is 10.0. The van der Waals surface area contributed by atoms with E-state index in [1.165, 1.54) is 0 Å². The van der Waals surface area contributed by atoms with Crippen molar-refractivity contribution >= 4 is 17.5 Å². The molecule has 0 aromatic heterocycles. The number of amides is 1. The van der Waals surface area contributed by atoms with Crippen LogP contribution in [0.4, 0.5) is 0 Å². The summed E-state index contributed by atoms with van der Waals surface area (Å²) in [6.45, 7) is 12.5. The summed E-state index contributed by atoms with van der Waals surface area (Å²) in [6, 6.07) is 7.06. The van der Waals surface area contributed by atoms with Crippen molar-refractivity contribution in [1.29, 1.82) is 0 Å². The number of hydrogen-bond donors (Lipinski definition) is 1. The van der Waals surface area contributed by atoms with E-state index in [1.807, 2.05) is 20.8 Å². The molecule has 0 aliphatic heterocycles. The first-order valence-corrected chi connectivity index (χ1v) is 8.14. The Labute approximate surface area is 139 Å². The van der Waals surface area contributed by atoms with Crippen molar-refractivity contribution in [2.45, 2.75) is 66.0 Å². The van der Waals surface area contributed by atoms with Crippen LogP contribution in [0, 0.1) is 5.41 Å². The third-order valence-corrected chi connectivity index (χ3v) is 3.44. The number of nitrogens with one attached hydrogen (secondary N) is 1. The monoisotopic (exact) mass is 325 g/mol. The van der Waals surface area contributed by atoms with Gasteiger partial charge in [-0.1, -0.05) is 39.3 Å². The lowest BCUT2D eigenvalue weighted by molar-refractivity contribution is -0.130. The largest absolute Gasteiger partial charge is 0.481 e. The fourth-order valence-corrected chi connectivity index (χ4v) is 2.91. The fourth-order valence-electron chi connectivity index (χ4n) is 2.78.